The summed E-state index contributed by atoms with van der Waals surface area (Å²) in [6.07, 6.45) is 38.3. The maximum absolute atomic E-state index is 11.3. The fraction of sp³-hybridized carbons (Fsp3) is 0.896. The SMILES string of the molecule is CCCNC(=O)C(C)(C)NC.CN1CCSC1.CNC1(C)CC1.CNC1(C)CCC1.CNC1(C)CCCC1.CNC1(C)CCCCC1.CNC12CC3CC(CC(C3)C1)C2.CNC12CCCC1CCC2.CNc1c(C)cccc1C. The van der Waals surface area contributed by atoms with Crippen molar-refractivity contribution in [1.29, 1.82) is 0 Å². The smallest absolute Gasteiger partial charge is 0.239 e. The number of likely N-dealkylation sites (N-methyl/N-ethyl adjacent to an activating group) is 1. The molecule has 0 spiro atoms. The second-order valence-electron chi connectivity index (χ2n) is 28.0. The highest BCUT2D eigenvalue weighted by molar-refractivity contribution is 7.99. The van der Waals surface area contributed by atoms with Crippen LogP contribution >= 0.6 is 11.8 Å². The molecule has 12 heteroatoms. The molecule has 1 aromatic rings. The quantitative estimate of drug-likeness (QED) is 0.105. The topological polar surface area (TPSA) is 129 Å². The van der Waals surface area contributed by atoms with Gasteiger partial charge in [-0.1, -0.05) is 70.1 Å². The van der Waals surface area contributed by atoms with E-state index in [0.29, 0.717) is 33.2 Å². The molecule has 12 rings (SSSR count). The van der Waals surface area contributed by atoms with Crippen molar-refractivity contribution < 1.29 is 4.79 Å². The van der Waals surface area contributed by atoms with Gasteiger partial charge in [-0.2, -0.15) is 0 Å². The Morgan fingerprint density at radius 3 is 1.28 bits per heavy atom. The van der Waals surface area contributed by atoms with Crippen LogP contribution in [0.2, 0.25) is 0 Å². The maximum atomic E-state index is 11.3. The van der Waals surface area contributed by atoms with Crippen molar-refractivity contribution in [2.24, 2.45) is 23.7 Å². The molecular weight excluding hydrogens is 993 g/mol. The van der Waals surface area contributed by atoms with E-state index in [1.807, 2.05) is 53.7 Å². The number of thioether (sulfide) groups is 1. The van der Waals surface area contributed by atoms with E-state index >= 15 is 0 Å². The predicted octanol–water partition coefficient (Wildman–Crippen LogP) is 13.0. The molecule has 11 aliphatic rings. The van der Waals surface area contributed by atoms with Crippen molar-refractivity contribution in [3.8, 4) is 0 Å². The molecule has 1 aliphatic heterocycles. The molecule has 1 heterocycles. The largest absolute Gasteiger partial charge is 0.388 e. The van der Waals surface area contributed by atoms with E-state index in [1.54, 1.807) is 26.3 Å². The number of hydrogen-bond donors (Lipinski definition) is 9. The zero-order valence-electron chi connectivity index (χ0n) is 55.2. The van der Waals surface area contributed by atoms with Crippen LogP contribution in [0.25, 0.3) is 0 Å². The first-order valence-electron chi connectivity index (χ1n) is 32.5. The Labute approximate surface area is 494 Å². The number of anilines is 1. The Morgan fingerprint density at radius 1 is 0.595 bits per heavy atom. The summed E-state index contributed by atoms with van der Waals surface area (Å²) in [6.45, 7) is 21.2. The van der Waals surface area contributed by atoms with Crippen LogP contribution in [0.5, 0.6) is 0 Å². The van der Waals surface area contributed by atoms with Crippen LogP contribution in [0.1, 0.15) is 233 Å². The first-order valence-corrected chi connectivity index (χ1v) is 33.7. The molecule has 4 bridgehead atoms. The molecule has 462 valence electrons. The number of carbonyl (C=O) groups is 1. The number of benzene rings is 1. The molecule has 11 nitrogen and oxygen atoms in total. The van der Waals surface area contributed by atoms with Crippen LogP contribution in [0.15, 0.2) is 18.2 Å². The van der Waals surface area contributed by atoms with E-state index in [0.717, 1.165) is 36.6 Å². The molecule has 1 aromatic carbocycles. The summed E-state index contributed by atoms with van der Waals surface area (Å²) in [5.74, 6) is 6.91. The van der Waals surface area contributed by atoms with E-state index in [1.165, 1.54) is 183 Å². The van der Waals surface area contributed by atoms with Gasteiger partial charge in [0.05, 0.1) is 5.54 Å². The van der Waals surface area contributed by atoms with Gasteiger partial charge in [-0.15, -0.1) is 11.8 Å². The average Bonchev–Trinajstić information content (AvgIpc) is 3.94. The van der Waals surface area contributed by atoms with Crippen LogP contribution in [-0.2, 0) is 4.79 Å². The van der Waals surface area contributed by atoms with Gasteiger partial charge in [0.15, 0.2) is 0 Å². The Balaban J connectivity index is 0.000000236. The first kappa shape index (κ1) is 71.8. The molecule has 1 saturated heterocycles. The summed E-state index contributed by atoms with van der Waals surface area (Å²) < 4.78 is 0. The van der Waals surface area contributed by atoms with E-state index in [4.69, 9.17) is 0 Å². The normalized spacial score (nSPS) is 29.1. The lowest BCUT2D eigenvalue weighted by molar-refractivity contribution is -0.126. The summed E-state index contributed by atoms with van der Waals surface area (Å²) in [4.78, 5) is 13.6. The lowest BCUT2D eigenvalue weighted by Gasteiger charge is -2.56. The molecule has 10 aliphatic carbocycles. The van der Waals surface area contributed by atoms with Crippen LogP contribution in [0.3, 0.4) is 0 Å². The van der Waals surface area contributed by atoms with Gasteiger partial charge in [-0.25, -0.2) is 0 Å². The first-order chi connectivity index (χ1) is 37.4. The molecule has 11 fully saturated rings. The number of para-hydroxylation sites is 1. The standard InChI is InChI=1S/C11H19N.C9H17N.C9H13N.C8H18N2O.C8H17N.C7H15N.C6H13N.C5H11N.C4H9NS/c1-12-11-5-8-2-9(6-11)4-10(3-8)7-11;1-10-9-6-2-4-8(9)5-3-7-9;1-7-5-4-6-8(2)9(7)10-3;1-5-6-10-7(11)8(2,3)9-4;1-8(9-2)6-4-3-5-7-8;1-7(8-2)5-3-4-6-7;1-6(7-2)4-3-5-6;1-5(6-2)3-4-5;1-5-2-3-6-4-5/h8-10,12H,2-7H2,1H3;8,10H,2-7H2,1H3;4-6,10H,1-3H3;9H,5-6H2,1-4H3,(H,10,11);9H,3-7H2,1-2H3;8H,3-6H2,1-2H3;7H,3-5H2,1-2H3;6H,3-4H2,1-2H3;2-4H2,1H3. The van der Waals surface area contributed by atoms with E-state index in [2.05, 4.69) is 148 Å². The van der Waals surface area contributed by atoms with E-state index in [-0.39, 0.29) is 5.91 Å². The van der Waals surface area contributed by atoms with Gasteiger partial charge < -0.3 is 47.9 Å². The van der Waals surface area contributed by atoms with Crippen molar-refractivity contribution in [3.05, 3.63) is 29.3 Å². The third kappa shape index (κ3) is 24.6. The molecule has 0 atom stereocenters. The number of aryl methyl sites for hydroxylation is 2. The monoisotopic (exact) mass is 1130 g/mol. The second kappa shape index (κ2) is 35.1. The molecule has 0 radical (unpaired) electrons. The summed E-state index contributed by atoms with van der Waals surface area (Å²) in [7, 11) is 18.4. The van der Waals surface area contributed by atoms with Crippen molar-refractivity contribution in [2.45, 2.75) is 274 Å². The molecule has 0 unspecified atom stereocenters. The molecule has 1 amide bonds. The Bertz CT molecular complexity index is 1730. The maximum Gasteiger partial charge on any atom is 0.239 e. The second-order valence-corrected chi connectivity index (χ2v) is 29.0. The Kier molecular flexibility index (Phi) is 31.9. The Hall–Kier alpha value is -1.48. The number of amides is 1. The summed E-state index contributed by atoms with van der Waals surface area (Å²) in [5.41, 5.74) is 6.62. The van der Waals surface area contributed by atoms with Gasteiger partial charge in [0, 0.05) is 70.7 Å². The lowest BCUT2D eigenvalue weighted by atomic mass is 9.53. The molecular formula is C67H132N10OS. The van der Waals surface area contributed by atoms with Crippen LogP contribution < -0.4 is 47.9 Å². The molecule has 0 aromatic heterocycles. The van der Waals surface area contributed by atoms with Crippen LogP contribution in [-0.4, -0.2) is 138 Å². The van der Waals surface area contributed by atoms with Gasteiger partial charge in [0.2, 0.25) is 5.91 Å². The van der Waals surface area contributed by atoms with Gasteiger partial charge in [0.25, 0.3) is 0 Å². The number of nitrogens with one attached hydrogen (secondary N) is 9. The summed E-state index contributed by atoms with van der Waals surface area (Å²) in [5, 5.41) is 29.3. The highest BCUT2D eigenvalue weighted by Crippen LogP contribution is 2.55. The number of nitrogens with zero attached hydrogens (tertiary/aromatic N) is 1. The summed E-state index contributed by atoms with van der Waals surface area (Å²) in [6, 6.07) is 6.29. The number of fused-ring (bicyclic) bond motifs is 1. The zero-order chi connectivity index (χ0) is 58.8. The van der Waals surface area contributed by atoms with Gasteiger partial charge >= 0.3 is 0 Å². The fourth-order valence-corrected chi connectivity index (χ4v) is 15.1. The van der Waals surface area contributed by atoms with E-state index < -0.39 is 5.54 Å². The number of hydrogen-bond acceptors (Lipinski definition) is 11. The zero-order valence-corrected chi connectivity index (χ0v) is 56.0. The molecule has 79 heavy (non-hydrogen) atoms. The van der Waals surface area contributed by atoms with Gasteiger partial charge in [-0.3, -0.25) is 9.69 Å². The van der Waals surface area contributed by atoms with Crippen molar-refractivity contribution in [1.82, 2.24) is 47.4 Å². The fourth-order valence-electron chi connectivity index (χ4n) is 14.1. The summed E-state index contributed by atoms with van der Waals surface area (Å²) >= 11 is 2.01. The van der Waals surface area contributed by atoms with Gasteiger partial charge in [-0.05, 0) is 275 Å². The highest BCUT2D eigenvalue weighted by Gasteiger charge is 2.50. The Morgan fingerprint density at radius 2 is 1.03 bits per heavy atom. The van der Waals surface area contributed by atoms with Crippen molar-refractivity contribution in [2.75, 3.05) is 93.5 Å². The highest BCUT2D eigenvalue weighted by atomic mass is 32.2. The average molecular weight is 1130 g/mol. The minimum Gasteiger partial charge on any atom is -0.388 e. The number of carbonyl (C=O) groups excluding carboxylic acids is 1. The third-order valence-corrected chi connectivity index (χ3v) is 22.2. The van der Waals surface area contributed by atoms with E-state index in [9.17, 15) is 4.79 Å². The molecule has 10 saturated carbocycles. The van der Waals surface area contributed by atoms with Crippen molar-refractivity contribution in [3.63, 3.8) is 0 Å². The van der Waals surface area contributed by atoms with Crippen LogP contribution in [0.4, 0.5) is 5.69 Å². The van der Waals surface area contributed by atoms with Crippen molar-refractivity contribution >= 4 is 23.4 Å². The van der Waals surface area contributed by atoms with Crippen LogP contribution in [0, 0.1) is 37.5 Å². The molecule has 9 N–H and O–H groups in total. The lowest BCUT2D eigenvalue weighted by Crippen LogP contribution is -2.57. The third-order valence-electron chi connectivity index (χ3n) is 21.1. The predicted molar refractivity (Wildman–Crippen MR) is 349 cm³/mol. The van der Waals surface area contributed by atoms with Gasteiger partial charge in [0.1, 0.15) is 0 Å². The minimum absolute atomic E-state index is 0.0573. The minimum atomic E-state index is -0.449. The number of rotatable bonds is 11.